The first-order valence-electron chi connectivity index (χ1n) is 13.5. The molecule has 1 fully saturated rings. The smallest absolute Gasteiger partial charge is 0.335 e. The third-order valence-electron chi connectivity index (χ3n) is 7.72. The van der Waals surface area contributed by atoms with E-state index in [0.717, 1.165) is 55.5 Å². The first-order valence-corrected chi connectivity index (χ1v) is 15.6. The number of aryl methyl sites for hydroxylation is 1. The maximum absolute atomic E-state index is 11.8. The first-order chi connectivity index (χ1) is 18.6. The third-order valence-corrected chi connectivity index (χ3v) is 8.82. The van der Waals surface area contributed by atoms with Crippen LogP contribution in [0.2, 0.25) is 5.02 Å². The fraction of sp³-hybridized carbons (Fsp3) is 0.483. The van der Waals surface area contributed by atoms with Gasteiger partial charge in [-0.15, -0.1) is 0 Å². The molecule has 1 aliphatic heterocycles. The van der Waals surface area contributed by atoms with Crippen LogP contribution in [0.15, 0.2) is 48.6 Å². The predicted molar refractivity (Wildman–Crippen MR) is 153 cm³/mol. The van der Waals surface area contributed by atoms with Crippen LogP contribution in [-0.4, -0.2) is 49.5 Å². The van der Waals surface area contributed by atoms with Crippen LogP contribution in [0.3, 0.4) is 0 Å². The van der Waals surface area contributed by atoms with Gasteiger partial charge in [0.15, 0.2) is 0 Å². The second kappa shape index (κ2) is 13.2. The quantitative estimate of drug-likeness (QED) is 0.289. The van der Waals surface area contributed by atoms with E-state index in [1.807, 2.05) is 24.3 Å². The molecule has 3 atom stereocenters. The molecule has 1 unspecified atom stereocenters. The highest BCUT2D eigenvalue weighted by molar-refractivity contribution is 7.89. The molecule has 1 saturated carbocycles. The standard InChI is InChI=1S/C29H37ClN2O6S/c30-24-11-8-23-19-38-28-13-10-21(29(34)35)17-26(28)32(14-4-3-6-20(23)16-24)18-22-9-12-25(22)27(33)7-2-1-5-15-39(31,36)37/h2,7-8,10-11,13,16-17,22,25,27,33H,1,3-6,9,12,14-15,18-19H2,(H,34,35)(H2,31,36,37)/b7-2+/t22-,25+,27?/m0/s1. The minimum atomic E-state index is -3.48. The normalized spacial score (nSPS) is 20.7. The van der Waals surface area contributed by atoms with Gasteiger partial charge in [0, 0.05) is 18.1 Å². The number of ether oxygens (including phenoxy) is 1. The zero-order chi connectivity index (χ0) is 28.0. The number of sulfonamides is 1. The van der Waals surface area contributed by atoms with Gasteiger partial charge in [-0.1, -0.05) is 29.8 Å². The maximum Gasteiger partial charge on any atom is 0.335 e. The molecule has 2 aromatic rings. The van der Waals surface area contributed by atoms with Gasteiger partial charge in [0.25, 0.3) is 0 Å². The lowest BCUT2D eigenvalue weighted by atomic mass is 9.70. The number of aromatic carboxylic acids is 1. The number of anilines is 1. The van der Waals surface area contributed by atoms with E-state index >= 15 is 0 Å². The number of unbranched alkanes of at least 4 members (excludes halogenated alkanes) is 1. The van der Waals surface area contributed by atoms with Crippen LogP contribution in [0.5, 0.6) is 5.75 Å². The van der Waals surface area contributed by atoms with Gasteiger partial charge in [-0.2, -0.15) is 0 Å². The van der Waals surface area contributed by atoms with Gasteiger partial charge in [-0.05, 0) is 98.2 Å². The minimum Gasteiger partial charge on any atom is -0.487 e. The summed E-state index contributed by atoms with van der Waals surface area (Å²) < 4.78 is 28.5. The zero-order valence-corrected chi connectivity index (χ0v) is 23.5. The molecule has 2 aliphatic rings. The third kappa shape index (κ3) is 8.20. The number of allylic oxidation sites excluding steroid dienone is 1. The van der Waals surface area contributed by atoms with Gasteiger partial charge in [0.1, 0.15) is 12.4 Å². The number of carboxylic acids is 1. The van der Waals surface area contributed by atoms with Gasteiger partial charge in [-0.25, -0.2) is 18.4 Å². The number of nitrogens with zero attached hydrogens (tertiary/aromatic N) is 1. The monoisotopic (exact) mass is 576 g/mol. The number of aliphatic hydroxyl groups is 1. The van der Waals surface area contributed by atoms with Crippen LogP contribution in [-0.2, 0) is 23.1 Å². The Morgan fingerprint density at radius 3 is 2.72 bits per heavy atom. The number of halogens is 1. The van der Waals surface area contributed by atoms with E-state index in [1.54, 1.807) is 24.3 Å². The highest BCUT2D eigenvalue weighted by atomic mass is 35.5. The van der Waals surface area contributed by atoms with E-state index in [-0.39, 0.29) is 23.2 Å². The summed E-state index contributed by atoms with van der Waals surface area (Å²) in [7, 11) is -3.48. The SMILES string of the molecule is NS(=O)(=O)CCC/C=C/C(O)[C@@H]1CC[C@H]1CN1CCCCc2cc(Cl)ccc2COc2ccc(C(=O)O)cc21. The molecule has 4 N–H and O–H groups in total. The fourth-order valence-corrected chi connectivity index (χ4v) is 6.17. The fourth-order valence-electron chi connectivity index (χ4n) is 5.41. The van der Waals surface area contributed by atoms with Gasteiger partial charge in [0.05, 0.1) is 23.1 Å². The van der Waals surface area contributed by atoms with E-state index in [1.165, 1.54) is 0 Å². The number of rotatable bonds is 9. The van der Waals surface area contributed by atoms with Crippen molar-refractivity contribution in [2.45, 2.75) is 57.7 Å². The van der Waals surface area contributed by atoms with Crippen LogP contribution >= 0.6 is 11.6 Å². The van der Waals surface area contributed by atoms with Crippen LogP contribution < -0.4 is 14.8 Å². The number of carbonyl (C=O) groups is 1. The Hall–Kier alpha value is -2.59. The van der Waals surface area contributed by atoms with Gasteiger partial charge in [0.2, 0.25) is 10.0 Å². The second-order valence-corrected chi connectivity index (χ2v) is 12.7. The lowest BCUT2D eigenvalue weighted by Crippen LogP contribution is -2.43. The Bertz CT molecular complexity index is 1300. The van der Waals surface area contributed by atoms with Crippen LogP contribution in [0.1, 0.15) is 60.0 Å². The summed E-state index contributed by atoms with van der Waals surface area (Å²) >= 11 is 6.25. The summed E-state index contributed by atoms with van der Waals surface area (Å²) in [6.45, 7) is 1.78. The van der Waals surface area contributed by atoms with Crippen molar-refractivity contribution in [3.05, 3.63) is 70.3 Å². The van der Waals surface area contributed by atoms with E-state index in [9.17, 15) is 23.4 Å². The number of aliphatic hydroxyl groups excluding tert-OH is 1. The molecule has 2 aromatic carbocycles. The largest absolute Gasteiger partial charge is 0.487 e. The van der Waals surface area contributed by atoms with Crippen molar-refractivity contribution in [3.63, 3.8) is 0 Å². The lowest BCUT2D eigenvalue weighted by Gasteiger charge is -2.42. The van der Waals surface area contributed by atoms with Crippen molar-refractivity contribution in [2.75, 3.05) is 23.7 Å². The molecule has 0 bridgehead atoms. The van der Waals surface area contributed by atoms with Crippen LogP contribution in [0.4, 0.5) is 5.69 Å². The molecule has 39 heavy (non-hydrogen) atoms. The summed E-state index contributed by atoms with van der Waals surface area (Å²) in [5.74, 6) is -0.120. The summed E-state index contributed by atoms with van der Waals surface area (Å²) in [5, 5.41) is 26.2. The number of carboxylic acid groups (broad SMARTS) is 1. The van der Waals surface area contributed by atoms with Gasteiger partial charge in [-0.3, -0.25) is 0 Å². The molecule has 0 saturated heterocycles. The molecule has 0 radical (unpaired) electrons. The van der Waals surface area contributed by atoms with Crippen molar-refractivity contribution in [1.29, 1.82) is 0 Å². The maximum atomic E-state index is 11.8. The van der Waals surface area contributed by atoms with E-state index in [0.29, 0.717) is 36.8 Å². The molecule has 1 heterocycles. The Morgan fingerprint density at radius 2 is 2.00 bits per heavy atom. The van der Waals surface area contributed by atoms with E-state index in [2.05, 4.69) is 4.90 Å². The molecule has 0 amide bonds. The number of primary sulfonamides is 1. The molecular weight excluding hydrogens is 540 g/mol. The molecule has 0 spiro atoms. The van der Waals surface area contributed by atoms with Crippen LogP contribution in [0, 0.1) is 11.8 Å². The first kappa shape index (κ1) is 29.4. The van der Waals surface area contributed by atoms with Crippen molar-refractivity contribution < 1.29 is 28.2 Å². The predicted octanol–water partition coefficient (Wildman–Crippen LogP) is 4.77. The van der Waals surface area contributed by atoms with Crippen molar-refractivity contribution in [1.82, 2.24) is 0 Å². The molecule has 8 nitrogen and oxygen atoms in total. The molecule has 1 aliphatic carbocycles. The average molecular weight is 577 g/mol. The van der Waals surface area contributed by atoms with Crippen molar-refractivity contribution in [2.24, 2.45) is 17.0 Å². The number of fused-ring (bicyclic) bond motifs is 2. The van der Waals surface area contributed by atoms with Gasteiger partial charge < -0.3 is 19.8 Å². The minimum absolute atomic E-state index is 0.0770. The molecule has 212 valence electrons. The van der Waals surface area contributed by atoms with E-state index in [4.69, 9.17) is 21.5 Å². The molecule has 0 aromatic heterocycles. The highest BCUT2D eigenvalue weighted by Crippen LogP contribution is 2.40. The number of hydrogen-bond acceptors (Lipinski definition) is 6. The average Bonchev–Trinajstić information content (AvgIpc) is 2.88. The zero-order valence-electron chi connectivity index (χ0n) is 22.0. The Morgan fingerprint density at radius 1 is 1.18 bits per heavy atom. The molecule has 10 heteroatoms. The second-order valence-electron chi connectivity index (χ2n) is 10.5. The van der Waals surface area contributed by atoms with E-state index < -0.39 is 22.1 Å². The summed E-state index contributed by atoms with van der Waals surface area (Å²) in [4.78, 5) is 14.0. The van der Waals surface area contributed by atoms with Crippen LogP contribution in [0.25, 0.3) is 0 Å². The number of nitrogens with two attached hydrogens (primary N) is 1. The van der Waals surface area contributed by atoms with Crippen molar-refractivity contribution >= 4 is 33.3 Å². The molecule has 4 rings (SSSR count). The van der Waals surface area contributed by atoms with Crippen molar-refractivity contribution in [3.8, 4) is 5.75 Å². The highest BCUT2D eigenvalue weighted by Gasteiger charge is 2.36. The topological polar surface area (TPSA) is 130 Å². The van der Waals surface area contributed by atoms with Gasteiger partial charge >= 0.3 is 5.97 Å². The summed E-state index contributed by atoms with van der Waals surface area (Å²) in [5.41, 5.74) is 3.19. The Balaban J connectivity index is 1.50. The lowest BCUT2D eigenvalue weighted by molar-refractivity contribution is 0.0461. The number of hydrogen-bond donors (Lipinski definition) is 3. The summed E-state index contributed by atoms with van der Waals surface area (Å²) in [6, 6.07) is 10.8. The Labute approximate surface area is 235 Å². The Kier molecular flexibility index (Phi) is 9.93. The number of benzene rings is 2. The molecular formula is C29H37ClN2O6S. The summed E-state index contributed by atoms with van der Waals surface area (Å²) in [6.07, 6.45) is 8.52.